The summed E-state index contributed by atoms with van der Waals surface area (Å²) < 4.78 is 5.23. The van der Waals surface area contributed by atoms with Gasteiger partial charge >= 0.3 is 6.03 Å². The van der Waals surface area contributed by atoms with E-state index < -0.39 is 0 Å². The highest BCUT2D eigenvalue weighted by Gasteiger charge is 2.28. The summed E-state index contributed by atoms with van der Waals surface area (Å²) >= 11 is 1.37. The first-order valence-electron chi connectivity index (χ1n) is 11.0. The number of carbonyl (C=O) groups excluding carboxylic acids is 2. The van der Waals surface area contributed by atoms with Crippen LogP contribution >= 0.6 is 11.3 Å². The first-order valence-corrected chi connectivity index (χ1v) is 11.8. The Balaban J connectivity index is 1.38. The van der Waals surface area contributed by atoms with E-state index in [-0.39, 0.29) is 18.0 Å². The molecular weight excluding hydrogens is 452 g/mol. The highest BCUT2D eigenvalue weighted by atomic mass is 32.1. The number of anilines is 1. The quantitative estimate of drug-likeness (QED) is 0.477. The van der Waals surface area contributed by atoms with Gasteiger partial charge in [-0.25, -0.2) is 9.78 Å². The van der Waals surface area contributed by atoms with Gasteiger partial charge in [0, 0.05) is 17.8 Å². The Morgan fingerprint density at radius 1 is 1.41 bits per heavy atom. The number of urea groups is 1. The lowest BCUT2D eigenvalue weighted by Crippen LogP contribution is -2.43. The number of ether oxygens (including phenoxy) is 1. The number of H-pyrrole nitrogens is 1. The Hall–Kier alpha value is -3.84. The molecule has 3 N–H and O–H groups in total. The Morgan fingerprint density at radius 3 is 3.00 bits per heavy atom. The summed E-state index contributed by atoms with van der Waals surface area (Å²) in [5, 5.41) is 16.2. The molecular formula is C24H26N6O3S. The van der Waals surface area contributed by atoms with Gasteiger partial charge in [-0.15, -0.1) is 11.3 Å². The van der Waals surface area contributed by atoms with Gasteiger partial charge in [-0.3, -0.25) is 4.79 Å². The largest absolute Gasteiger partial charge is 0.497 e. The summed E-state index contributed by atoms with van der Waals surface area (Å²) in [7, 11) is 1.61. The number of nitriles is 1. The van der Waals surface area contributed by atoms with Crippen molar-refractivity contribution in [2.75, 3.05) is 19.0 Å². The van der Waals surface area contributed by atoms with E-state index in [4.69, 9.17) is 4.74 Å². The molecule has 0 fully saturated rings. The predicted molar refractivity (Wildman–Crippen MR) is 129 cm³/mol. The fourth-order valence-electron chi connectivity index (χ4n) is 3.92. The second-order valence-corrected chi connectivity index (χ2v) is 9.17. The number of carbonyl (C=O) groups is 2. The SMILES string of the molecule is COc1cccc(CCC(=O)Nc2sc3c(c2C#N)CCN(C(=O)NC(C)c2cnc[nH]2)C3)c1. The Labute approximate surface area is 201 Å². The molecule has 10 heteroatoms. The molecule has 176 valence electrons. The normalized spacial score (nSPS) is 13.5. The van der Waals surface area contributed by atoms with Crippen molar-refractivity contribution >= 4 is 28.3 Å². The Bertz CT molecular complexity index is 1210. The van der Waals surface area contributed by atoms with Crippen LogP contribution in [-0.2, 0) is 24.2 Å². The molecule has 1 aromatic carbocycles. The Morgan fingerprint density at radius 2 is 2.26 bits per heavy atom. The second kappa shape index (κ2) is 10.4. The van der Waals surface area contributed by atoms with Gasteiger partial charge in [-0.2, -0.15) is 5.26 Å². The lowest BCUT2D eigenvalue weighted by Gasteiger charge is -2.28. The van der Waals surface area contributed by atoms with E-state index in [9.17, 15) is 14.9 Å². The first-order chi connectivity index (χ1) is 16.5. The predicted octanol–water partition coefficient (Wildman–Crippen LogP) is 3.75. The number of imidazole rings is 1. The molecule has 0 bridgehead atoms. The molecule has 1 aliphatic heterocycles. The zero-order valence-electron chi connectivity index (χ0n) is 19.1. The van der Waals surface area contributed by atoms with Crippen LogP contribution in [0.2, 0.25) is 0 Å². The van der Waals surface area contributed by atoms with Crippen LogP contribution in [0.1, 0.15) is 46.6 Å². The molecule has 4 rings (SSSR count). The molecule has 9 nitrogen and oxygen atoms in total. The van der Waals surface area contributed by atoms with Crippen LogP contribution in [0.5, 0.6) is 5.75 Å². The number of rotatable bonds is 7. The molecule has 1 aliphatic rings. The van der Waals surface area contributed by atoms with Gasteiger partial charge in [-0.05, 0) is 43.0 Å². The van der Waals surface area contributed by atoms with Gasteiger partial charge in [0.25, 0.3) is 0 Å². The number of thiophene rings is 1. The number of nitrogens with one attached hydrogen (secondary N) is 3. The molecule has 34 heavy (non-hydrogen) atoms. The van der Waals surface area contributed by atoms with E-state index >= 15 is 0 Å². The summed E-state index contributed by atoms with van der Waals surface area (Å²) in [5.41, 5.74) is 3.25. The van der Waals surface area contributed by atoms with E-state index in [1.165, 1.54) is 11.3 Å². The smallest absolute Gasteiger partial charge is 0.318 e. The number of aromatic amines is 1. The molecule has 3 amide bonds. The van der Waals surface area contributed by atoms with Gasteiger partial charge in [0.2, 0.25) is 5.91 Å². The number of fused-ring (bicyclic) bond motifs is 1. The molecule has 0 saturated heterocycles. The van der Waals surface area contributed by atoms with Crippen LogP contribution in [0, 0.1) is 11.3 Å². The molecule has 3 aromatic rings. The van der Waals surface area contributed by atoms with Crippen LogP contribution in [-0.4, -0.2) is 40.5 Å². The van der Waals surface area contributed by atoms with Gasteiger partial charge in [0.1, 0.15) is 16.8 Å². The van der Waals surface area contributed by atoms with Gasteiger partial charge < -0.3 is 25.3 Å². The van der Waals surface area contributed by atoms with Gasteiger partial charge in [-0.1, -0.05) is 12.1 Å². The van der Waals surface area contributed by atoms with Crippen molar-refractivity contribution in [3.05, 3.63) is 64.1 Å². The third kappa shape index (κ3) is 5.21. The van der Waals surface area contributed by atoms with E-state index in [1.54, 1.807) is 24.5 Å². The minimum atomic E-state index is -0.200. The minimum Gasteiger partial charge on any atom is -0.497 e. The van der Waals surface area contributed by atoms with Crippen molar-refractivity contribution in [2.24, 2.45) is 0 Å². The number of benzene rings is 1. The summed E-state index contributed by atoms with van der Waals surface area (Å²) in [5.74, 6) is 0.601. The van der Waals surface area contributed by atoms with E-state index in [2.05, 4.69) is 26.7 Å². The number of amides is 3. The van der Waals surface area contributed by atoms with Crippen molar-refractivity contribution in [2.45, 2.75) is 38.8 Å². The van der Waals surface area contributed by atoms with Crippen molar-refractivity contribution in [3.8, 4) is 11.8 Å². The average Bonchev–Trinajstić information content (AvgIpc) is 3.50. The molecule has 0 radical (unpaired) electrons. The van der Waals surface area contributed by atoms with Crippen LogP contribution in [0.3, 0.4) is 0 Å². The third-order valence-corrected chi connectivity index (χ3v) is 6.94. The highest BCUT2D eigenvalue weighted by Crippen LogP contribution is 2.37. The fourth-order valence-corrected chi connectivity index (χ4v) is 5.15. The van der Waals surface area contributed by atoms with Crippen molar-refractivity contribution in [3.63, 3.8) is 0 Å². The number of methoxy groups -OCH3 is 1. The third-order valence-electron chi connectivity index (χ3n) is 5.81. The zero-order valence-corrected chi connectivity index (χ0v) is 19.9. The maximum atomic E-state index is 12.8. The number of nitrogens with zero attached hydrogens (tertiary/aromatic N) is 3. The van der Waals surface area contributed by atoms with Crippen LogP contribution in [0.25, 0.3) is 0 Å². The number of hydrogen-bond donors (Lipinski definition) is 3. The molecule has 2 aromatic heterocycles. The molecule has 0 spiro atoms. The zero-order chi connectivity index (χ0) is 24.1. The van der Waals surface area contributed by atoms with Gasteiger partial charge in [0.15, 0.2) is 0 Å². The lowest BCUT2D eigenvalue weighted by atomic mass is 10.0. The number of aromatic nitrogens is 2. The van der Waals surface area contributed by atoms with E-state index in [0.717, 1.165) is 27.4 Å². The monoisotopic (exact) mass is 478 g/mol. The molecule has 3 heterocycles. The molecule has 0 aliphatic carbocycles. The van der Waals surface area contributed by atoms with Crippen LogP contribution < -0.4 is 15.4 Å². The van der Waals surface area contributed by atoms with E-state index in [1.807, 2.05) is 31.2 Å². The Kier molecular flexibility index (Phi) is 7.13. The topological polar surface area (TPSA) is 123 Å². The first kappa shape index (κ1) is 23.3. The molecule has 1 unspecified atom stereocenters. The number of aryl methyl sites for hydroxylation is 1. The maximum absolute atomic E-state index is 12.8. The summed E-state index contributed by atoms with van der Waals surface area (Å²) in [4.78, 5) is 35.0. The van der Waals surface area contributed by atoms with Crippen LogP contribution in [0.15, 0.2) is 36.8 Å². The summed E-state index contributed by atoms with van der Waals surface area (Å²) in [6.45, 7) is 2.79. The van der Waals surface area contributed by atoms with Crippen LogP contribution in [0.4, 0.5) is 9.80 Å². The maximum Gasteiger partial charge on any atom is 0.318 e. The van der Waals surface area contributed by atoms with Crippen molar-refractivity contribution < 1.29 is 14.3 Å². The standard InChI is InChI=1S/C24H26N6O3S/c1-15(20-12-26-14-27-20)28-24(32)30-9-8-18-19(11-25)23(34-21(18)13-30)29-22(31)7-6-16-4-3-5-17(10-16)33-2/h3-5,10,12,14-15H,6-9,13H2,1-2H3,(H,26,27)(H,28,32)(H,29,31). The summed E-state index contributed by atoms with van der Waals surface area (Å²) in [6.07, 6.45) is 4.69. The van der Waals surface area contributed by atoms with Gasteiger partial charge in [0.05, 0.1) is 43.5 Å². The van der Waals surface area contributed by atoms with E-state index in [0.29, 0.717) is 42.9 Å². The van der Waals surface area contributed by atoms with Crippen molar-refractivity contribution in [1.29, 1.82) is 5.26 Å². The molecule has 1 atom stereocenters. The van der Waals surface area contributed by atoms with Crippen molar-refractivity contribution in [1.82, 2.24) is 20.2 Å². The highest BCUT2D eigenvalue weighted by molar-refractivity contribution is 7.16. The summed E-state index contributed by atoms with van der Waals surface area (Å²) in [6, 6.07) is 9.48. The minimum absolute atomic E-state index is 0.152. The lowest BCUT2D eigenvalue weighted by molar-refractivity contribution is -0.116. The average molecular weight is 479 g/mol. The fraction of sp³-hybridized carbons (Fsp3) is 0.333. The molecule has 0 saturated carbocycles. The second-order valence-electron chi connectivity index (χ2n) is 8.07. The number of hydrogen-bond acceptors (Lipinski definition) is 6.